The third kappa shape index (κ3) is 3.58. The Morgan fingerprint density at radius 1 is 1.11 bits per heavy atom. The fourth-order valence-electron chi connectivity index (χ4n) is 4.66. The first-order valence-electron chi connectivity index (χ1n) is 11.2. The minimum Gasteiger partial charge on any atom is -0.491 e. The largest absolute Gasteiger partial charge is 0.491 e. The molecule has 0 N–H and O–H groups in total. The number of fused-ring (bicyclic) bond motifs is 2. The van der Waals surface area contributed by atoms with Crippen LogP contribution in [-0.2, 0) is 18.9 Å². The van der Waals surface area contributed by atoms with E-state index in [1.807, 2.05) is 0 Å². The molecule has 2 aromatic heterocycles. The van der Waals surface area contributed by atoms with E-state index in [2.05, 4.69) is 4.98 Å². The van der Waals surface area contributed by atoms with E-state index in [4.69, 9.17) is 4.74 Å². The lowest BCUT2D eigenvalue weighted by Gasteiger charge is -2.34. The summed E-state index contributed by atoms with van der Waals surface area (Å²) in [4.78, 5) is 31.6. The number of ether oxygens (including phenoxy) is 1. The summed E-state index contributed by atoms with van der Waals surface area (Å²) in [6, 6.07) is 4.08. The molecule has 0 spiro atoms. The lowest BCUT2D eigenvalue weighted by molar-refractivity contribution is -0.203. The normalized spacial score (nSPS) is 18.6. The van der Waals surface area contributed by atoms with Gasteiger partial charge in [-0.15, -0.1) is 0 Å². The van der Waals surface area contributed by atoms with Crippen molar-refractivity contribution in [3.05, 3.63) is 75.5 Å². The number of carbonyl (C=O) groups is 1. The average molecular weight is 508 g/mol. The van der Waals surface area contributed by atoms with E-state index >= 15 is 0 Å². The number of rotatable bonds is 5. The van der Waals surface area contributed by atoms with Crippen LogP contribution in [0.4, 0.5) is 22.0 Å². The highest BCUT2D eigenvalue weighted by Crippen LogP contribution is 2.55. The molecule has 1 aromatic carbocycles. The summed E-state index contributed by atoms with van der Waals surface area (Å²) in [7, 11) is 0. The highest BCUT2D eigenvalue weighted by Gasteiger charge is 2.65. The molecule has 0 radical (unpaired) electrons. The third-order valence-corrected chi connectivity index (χ3v) is 6.59. The van der Waals surface area contributed by atoms with Gasteiger partial charge in [-0.25, -0.2) is 9.37 Å². The molecule has 1 aliphatic carbocycles. The molecule has 0 bridgehead atoms. The number of benzene rings is 1. The number of pyridine rings is 1. The number of carbonyl (C=O) groups excluding carboxylic acids is 1. The molecular weight excluding hydrogens is 487 g/mol. The van der Waals surface area contributed by atoms with Gasteiger partial charge in [0.15, 0.2) is 0 Å². The molecule has 1 aliphatic heterocycles. The van der Waals surface area contributed by atoms with Gasteiger partial charge in [-0.1, -0.05) is 0 Å². The maximum atomic E-state index is 14.4. The van der Waals surface area contributed by atoms with Gasteiger partial charge in [-0.3, -0.25) is 9.59 Å². The molecule has 3 aromatic rings. The highest BCUT2D eigenvalue weighted by atomic mass is 19.3. The third-order valence-electron chi connectivity index (χ3n) is 6.59. The minimum atomic E-state index is -4.59. The van der Waals surface area contributed by atoms with Crippen molar-refractivity contribution in [1.29, 1.82) is 0 Å². The number of alkyl halides is 4. The van der Waals surface area contributed by atoms with Gasteiger partial charge in [0.25, 0.3) is 11.5 Å². The van der Waals surface area contributed by atoms with Gasteiger partial charge in [0.05, 0.1) is 23.6 Å². The Kier molecular flexibility index (Phi) is 5.45. The van der Waals surface area contributed by atoms with E-state index in [0.29, 0.717) is 5.69 Å². The fraction of sp³-hybridized carbons (Fsp3) is 0.375. The summed E-state index contributed by atoms with van der Waals surface area (Å²) in [6.07, 6.45) is 1.76. The lowest BCUT2D eigenvalue weighted by atomic mass is 10.1. The van der Waals surface area contributed by atoms with Crippen molar-refractivity contribution < 1.29 is 31.5 Å². The molecule has 0 fully saturated rings. The molecular formula is C24H21F5N4O3. The van der Waals surface area contributed by atoms with Crippen LogP contribution in [-0.4, -0.2) is 50.0 Å². The monoisotopic (exact) mass is 508 g/mol. The maximum Gasteiger partial charge on any atom is 0.339 e. The molecule has 2 aliphatic rings. The Hall–Kier alpha value is -3.70. The van der Waals surface area contributed by atoms with Gasteiger partial charge in [0.2, 0.25) is 0 Å². The Bertz CT molecular complexity index is 1430. The predicted octanol–water partition coefficient (Wildman–Crippen LogP) is 3.69. The van der Waals surface area contributed by atoms with E-state index in [1.165, 1.54) is 27.9 Å². The number of imidazole rings is 1. The van der Waals surface area contributed by atoms with Gasteiger partial charge in [-0.05, 0) is 38.1 Å². The smallest absolute Gasteiger partial charge is 0.339 e. The molecule has 3 heterocycles. The Morgan fingerprint density at radius 3 is 2.56 bits per heavy atom. The maximum absolute atomic E-state index is 14.4. The van der Waals surface area contributed by atoms with Crippen molar-refractivity contribution in [2.45, 2.75) is 44.7 Å². The zero-order chi connectivity index (χ0) is 26.0. The second-order valence-electron chi connectivity index (χ2n) is 9.00. The molecule has 0 saturated carbocycles. The summed E-state index contributed by atoms with van der Waals surface area (Å²) in [5.74, 6) is -11.2. The zero-order valence-electron chi connectivity index (χ0n) is 19.3. The summed E-state index contributed by atoms with van der Waals surface area (Å²) in [6.45, 7) is 3.40. The SMILES string of the molecule is Cc1cn(-c2ccc3n(c2=O)CCN([C@@H](C)COc2ccc(F)c4c2C(F)(F)C(F)(F)C4)C3=O)cn1. The molecule has 7 nitrogen and oxygen atoms in total. The van der Waals surface area contributed by atoms with Crippen molar-refractivity contribution in [1.82, 2.24) is 19.0 Å². The predicted molar refractivity (Wildman–Crippen MR) is 117 cm³/mol. The topological polar surface area (TPSA) is 69.4 Å². The summed E-state index contributed by atoms with van der Waals surface area (Å²) >= 11 is 0. The van der Waals surface area contributed by atoms with E-state index in [9.17, 15) is 31.5 Å². The average Bonchev–Trinajstić information content (AvgIpc) is 3.32. The van der Waals surface area contributed by atoms with Gasteiger partial charge in [0, 0.05) is 31.3 Å². The van der Waals surface area contributed by atoms with Gasteiger partial charge < -0.3 is 18.8 Å². The van der Waals surface area contributed by atoms with E-state index in [-0.39, 0.29) is 30.9 Å². The van der Waals surface area contributed by atoms with Crippen LogP contribution in [0.5, 0.6) is 5.75 Å². The Balaban J connectivity index is 1.36. The summed E-state index contributed by atoms with van der Waals surface area (Å²) < 4.78 is 78.8. The first kappa shape index (κ1) is 24.0. The first-order chi connectivity index (χ1) is 16.9. The molecule has 1 atom stereocenters. The molecule has 5 rings (SSSR count). The van der Waals surface area contributed by atoms with Crippen LogP contribution in [0.15, 0.2) is 41.6 Å². The van der Waals surface area contributed by atoms with Crippen LogP contribution in [0.2, 0.25) is 0 Å². The number of aryl methyl sites for hydroxylation is 1. The summed E-state index contributed by atoms with van der Waals surface area (Å²) in [5.41, 5.74) is -1.11. The number of nitrogens with zero attached hydrogens (tertiary/aromatic N) is 4. The number of halogens is 5. The van der Waals surface area contributed by atoms with Crippen LogP contribution in [0.1, 0.15) is 34.2 Å². The minimum absolute atomic E-state index is 0.137. The van der Waals surface area contributed by atoms with Crippen molar-refractivity contribution in [2.75, 3.05) is 13.2 Å². The van der Waals surface area contributed by atoms with E-state index < -0.39 is 52.9 Å². The Labute approximate surface area is 201 Å². The van der Waals surface area contributed by atoms with Crippen LogP contribution in [0.25, 0.3) is 5.69 Å². The van der Waals surface area contributed by atoms with Gasteiger partial charge in [0.1, 0.15) is 29.6 Å². The molecule has 0 unspecified atom stereocenters. The molecule has 36 heavy (non-hydrogen) atoms. The standard InChI is InChI=1S/C24H21F5N4O3/c1-13-10-31(12-30-13)17-4-5-18-22(35)32(7-8-33(18)21(17)34)14(2)11-36-19-6-3-16(25)15-9-23(26,27)24(28,29)20(15)19/h3-6,10,12,14H,7-9,11H2,1-2H3/t14-/m0/s1. The van der Waals surface area contributed by atoms with Gasteiger partial charge >= 0.3 is 11.8 Å². The lowest BCUT2D eigenvalue weighted by Crippen LogP contribution is -2.50. The zero-order valence-corrected chi connectivity index (χ0v) is 19.3. The second-order valence-corrected chi connectivity index (χ2v) is 9.00. The van der Waals surface area contributed by atoms with Crippen molar-refractivity contribution in [2.24, 2.45) is 0 Å². The van der Waals surface area contributed by atoms with Crippen molar-refractivity contribution >= 4 is 5.91 Å². The second kappa shape index (κ2) is 8.17. The summed E-state index contributed by atoms with van der Waals surface area (Å²) in [5, 5.41) is 0. The van der Waals surface area contributed by atoms with Gasteiger partial charge in [-0.2, -0.15) is 17.6 Å². The van der Waals surface area contributed by atoms with Crippen LogP contribution in [0, 0.1) is 12.7 Å². The quantitative estimate of drug-likeness (QED) is 0.493. The van der Waals surface area contributed by atoms with Crippen molar-refractivity contribution in [3.63, 3.8) is 0 Å². The number of hydrogen-bond donors (Lipinski definition) is 0. The van der Waals surface area contributed by atoms with Crippen LogP contribution >= 0.6 is 0 Å². The first-order valence-corrected chi connectivity index (χ1v) is 11.2. The van der Waals surface area contributed by atoms with E-state index in [0.717, 1.165) is 17.8 Å². The molecule has 12 heteroatoms. The molecule has 190 valence electrons. The van der Waals surface area contributed by atoms with Crippen LogP contribution in [0.3, 0.4) is 0 Å². The fourth-order valence-corrected chi connectivity index (χ4v) is 4.66. The number of amides is 1. The molecule has 0 saturated heterocycles. The van der Waals surface area contributed by atoms with Crippen molar-refractivity contribution in [3.8, 4) is 11.4 Å². The number of hydrogen-bond acceptors (Lipinski definition) is 4. The molecule has 1 amide bonds. The van der Waals surface area contributed by atoms with Crippen LogP contribution < -0.4 is 10.3 Å². The number of aromatic nitrogens is 3. The van der Waals surface area contributed by atoms with E-state index in [1.54, 1.807) is 24.6 Å². The highest BCUT2D eigenvalue weighted by molar-refractivity contribution is 5.93. The Morgan fingerprint density at radius 2 is 1.86 bits per heavy atom.